The van der Waals surface area contributed by atoms with Crippen LogP contribution in [0.2, 0.25) is 0 Å². The molecule has 1 unspecified atom stereocenters. The SMILES string of the molecule is CC(C)N1C(=O)C(Cc2ccccc2)N(C(C)C)C1=S. The molecule has 108 valence electrons. The van der Waals surface area contributed by atoms with E-state index in [0.29, 0.717) is 11.5 Å². The third kappa shape index (κ3) is 2.70. The first-order valence-electron chi connectivity index (χ1n) is 7.12. The van der Waals surface area contributed by atoms with Crippen molar-refractivity contribution in [3.63, 3.8) is 0 Å². The van der Waals surface area contributed by atoms with Crippen LogP contribution >= 0.6 is 12.2 Å². The van der Waals surface area contributed by atoms with Gasteiger partial charge in [0.2, 0.25) is 0 Å². The van der Waals surface area contributed by atoms with Crippen LogP contribution in [-0.4, -0.2) is 38.9 Å². The van der Waals surface area contributed by atoms with Gasteiger partial charge in [0.1, 0.15) is 6.04 Å². The number of carbonyl (C=O) groups is 1. The van der Waals surface area contributed by atoms with E-state index in [1.165, 1.54) is 5.56 Å². The zero-order valence-electron chi connectivity index (χ0n) is 12.5. The maximum atomic E-state index is 12.7. The highest BCUT2D eigenvalue weighted by Crippen LogP contribution is 2.25. The molecule has 0 aromatic heterocycles. The van der Waals surface area contributed by atoms with Crippen molar-refractivity contribution in [2.24, 2.45) is 0 Å². The number of carbonyl (C=O) groups excluding carboxylic acids is 1. The number of hydrogen-bond acceptors (Lipinski definition) is 2. The molecule has 0 N–H and O–H groups in total. The molecule has 1 heterocycles. The van der Waals surface area contributed by atoms with Crippen LogP contribution in [0.15, 0.2) is 30.3 Å². The summed E-state index contributed by atoms with van der Waals surface area (Å²) in [5, 5.41) is 0.668. The van der Waals surface area contributed by atoms with Gasteiger partial charge in [-0.3, -0.25) is 9.69 Å². The van der Waals surface area contributed by atoms with Crippen molar-refractivity contribution in [2.45, 2.75) is 52.2 Å². The van der Waals surface area contributed by atoms with Gasteiger partial charge in [-0.05, 0) is 45.5 Å². The maximum absolute atomic E-state index is 12.7. The normalized spacial score (nSPS) is 19.6. The van der Waals surface area contributed by atoms with Crippen molar-refractivity contribution in [1.82, 2.24) is 9.80 Å². The molecule has 1 saturated heterocycles. The monoisotopic (exact) mass is 290 g/mol. The Morgan fingerprint density at radius 3 is 2.20 bits per heavy atom. The van der Waals surface area contributed by atoms with E-state index in [0.717, 1.165) is 0 Å². The van der Waals surface area contributed by atoms with E-state index in [-0.39, 0.29) is 24.0 Å². The van der Waals surface area contributed by atoms with Crippen LogP contribution in [0.1, 0.15) is 33.3 Å². The fourth-order valence-corrected chi connectivity index (χ4v) is 3.35. The van der Waals surface area contributed by atoms with Gasteiger partial charge < -0.3 is 4.90 Å². The minimum atomic E-state index is -0.174. The van der Waals surface area contributed by atoms with Crippen molar-refractivity contribution < 1.29 is 4.79 Å². The highest BCUT2D eigenvalue weighted by Gasteiger charge is 2.44. The quantitative estimate of drug-likeness (QED) is 0.797. The topological polar surface area (TPSA) is 23.6 Å². The molecule has 4 heteroatoms. The van der Waals surface area contributed by atoms with Crippen LogP contribution in [0.3, 0.4) is 0 Å². The number of amides is 1. The Labute approximate surface area is 126 Å². The van der Waals surface area contributed by atoms with E-state index in [1.807, 2.05) is 32.0 Å². The van der Waals surface area contributed by atoms with E-state index in [4.69, 9.17) is 12.2 Å². The second kappa shape index (κ2) is 5.92. The molecule has 1 fully saturated rings. The second-order valence-electron chi connectivity index (χ2n) is 5.79. The summed E-state index contributed by atoms with van der Waals surface area (Å²) in [6.07, 6.45) is 0.710. The van der Waals surface area contributed by atoms with Crippen LogP contribution in [0.5, 0.6) is 0 Å². The first kappa shape index (κ1) is 15.0. The van der Waals surface area contributed by atoms with Crippen molar-refractivity contribution in [2.75, 3.05) is 0 Å². The highest BCUT2D eigenvalue weighted by atomic mass is 32.1. The van der Waals surface area contributed by atoms with Crippen molar-refractivity contribution >= 4 is 23.2 Å². The summed E-state index contributed by atoms with van der Waals surface area (Å²) in [6.45, 7) is 8.18. The molecule has 0 aliphatic carbocycles. The van der Waals surface area contributed by atoms with Crippen LogP contribution in [0.4, 0.5) is 0 Å². The largest absolute Gasteiger partial charge is 0.334 e. The Balaban J connectivity index is 2.29. The van der Waals surface area contributed by atoms with Gasteiger partial charge in [-0.25, -0.2) is 0 Å². The van der Waals surface area contributed by atoms with Gasteiger partial charge in [0.15, 0.2) is 5.11 Å². The molecular weight excluding hydrogens is 268 g/mol. The first-order chi connectivity index (χ1) is 9.43. The molecule has 3 nitrogen and oxygen atoms in total. The molecule has 0 spiro atoms. The lowest BCUT2D eigenvalue weighted by Crippen LogP contribution is -2.41. The molecule has 1 aromatic rings. The van der Waals surface area contributed by atoms with E-state index < -0.39 is 0 Å². The Kier molecular flexibility index (Phi) is 4.43. The predicted octanol–water partition coefficient (Wildman–Crippen LogP) is 2.84. The third-order valence-electron chi connectivity index (χ3n) is 3.63. The predicted molar refractivity (Wildman–Crippen MR) is 85.5 cm³/mol. The zero-order valence-corrected chi connectivity index (χ0v) is 13.4. The van der Waals surface area contributed by atoms with E-state index >= 15 is 0 Å². The fourth-order valence-electron chi connectivity index (χ4n) is 2.71. The summed E-state index contributed by atoms with van der Waals surface area (Å²) in [6, 6.07) is 10.3. The summed E-state index contributed by atoms with van der Waals surface area (Å²) in [5.41, 5.74) is 1.17. The number of hydrogen-bond donors (Lipinski definition) is 0. The highest BCUT2D eigenvalue weighted by molar-refractivity contribution is 7.80. The van der Waals surface area contributed by atoms with Crippen LogP contribution in [-0.2, 0) is 11.2 Å². The lowest BCUT2D eigenvalue weighted by Gasteiger charge is -2.28. The van der Waals surface area contributed by atoms with E-state index in [1.54, 1.807) is 4.90 Å². The lowest BCUT2D eigenvalue weighted by atomic mass is 10.0. The Morgan fingerprint density at radius 2 is 1.70 bits per heavy atom. The standard InChI is InChI=1S/C16H22N2OS/c1-11(2)17-14(10-13-8-6-5-7-9-13)15(19)18(12(3)4)16(17)20/h5-9,11-12,14H,10H2,1-4H3. The van der Waals surface area contributed by atoms with Gasteiger partial charge in [0, 0.05) is 18.5 Å². The van der Waals surface area contributed by atoms with Crippen molar-refractivity contribution in [1.29, 1.82) is 0 Å². The van der Waals surface area contributed by atoms with Gasteiger partial charge in [-0.15, -0.1) is 0 Å². The van der Waals surface area contributed by atoms with E-state index in [2.05, 4.69) is 30.9 Å². The average Bonchev–Trinajstić information content (AvgIpc) is 2.62. The van der Waals surface area contributed by atoms with Crippen molar-refractivity contribution in [3.8, 4) is 0 Å². The van der Waals surface area contributed by atoms with Gasteiger partial charge in [-0.2, -0.15) is 0 Å². The first-order valence-corrected chi connectivity index (χ1v) is 7.53. The molecule has 2 rings (SSSR count). The molecular formula is C16H22N2OS. The van der Waals surface area contributed by atoms with Crippen LogP contribution < -0.4 is 0 Å². The molecule has 0 radical (unpaired) electrons. The lowest BCUT2D eigenvalue weighted by molar-refractivity contribution is -0.129. The summed E-state index contributed by atoms with van der Waals surface area (Å²) in [4.78, 5) is 16.5. The summed E-state index contributed by atoms with van der Waals surface area (Å²) < 4.78 is 0. The minimum Gasteiger partial charge on any atom is -0.334 e. The number of nitrogens with zero attached hydrogens (tertiary/aromatic N) is 2. The van der Waals surface area contributed by atoms with E-state index in [9.17, 15) is 4.79 Å². The molecule has 0 bridgehead atoms. The molecule has 20 heavy (non-hydrogen) atoms. The third-order valence-corrected chi connectivity index (χ3v) is 4.04. The molecule has 0 saturated carbocycles. The minimum absolute atomic E-state index is 0.108. The smallest absolute Gasteiger partial charge is 0.252 e. The van der Waals surface area contributed by atoms with Gasteiger partial charge in [0.25, 0.3) is 5.91 Å². The Hall–Kier alpha value is -1.42. The Morgan fingerprint density at radius 1 is 1.10 bits per heavy atom. The van der Waals surface area contributed by atoms with Gasteiger partial charge >= 0.3 is 0 Å². The van der Waals surface area contributed by atoms with Gasteiger partial charge in [0.05, 0.1) is 0 Å². The average molecular weight is 290 g/mol. The van der Waals surface area contributed by atoms with Crippen LogP contribution in [0, 0.1) is 0 Å². The zero-order chi connectivity index (χ0) is 14.9. The Bertz CT molecular complexity index is 498. The summed E-state index contributed by atoms with van der Waals surface area (Å²) in [5.74, 6) is 0.127. The van der Waals surface area contributed by atoms with Crippen molar-refractivity contribution in [3.05, 3.63) is 35.9 Å². The maximum Gasteiger partial charge on any atom is 0.252 e. The molecule has 1 aliphatic rings. The summed E-state index contributed by atoms with van der Waals surface area (Å²) in [7, 11) is 0. The number of rotatable bonds is 4. The molecule has 1 amide bonds. The van der Waals surface area contributed by atoms with Crippen LogP contribution in [0.25, 0.3) is 0 Å². The second-order valence-corrected chi connectivity index (χ2v) is 6.16. The summed E-state index contributed by atoms with van der Waals surface area (Å²) >= 11 is 5.52. The molecule has 1 aromatic carbocycles. The molecule has 1 atom stereocenters. The van der Waals surface area contributed by atoms with Gasteiger partial charge in [-0.1, -0.05) is 30.3 Å². The fraction of sp³-hybridized carbons (Fsp3) is 0.500. The number of thiocarbonyl (C=S) groups is 1. The molecule has 1 aliphatic heterocycles. The number of benzene rings is 1.